The van der Waals surface area contributed by atoms with Crippen LogP contribution in [0.4, 0.5) is 5.13 Å². The number of amides is 1. The highest BCUT2D eigenvalue weighted by molar-refractivity contribution is 8.00. The highest BCUT2D eigenvalue weighted by atomic mass is 35.5. The van der Waals surface area contributed by atoms with Crippen LogP contribution in [0.2, 0.25) is 5.02 Å². The normalized spacial score (nSPS) is 15.6. The minimum atomic E-state index is -0.947. The SMILES string of the molecule is CCCOc1ccc(C2/C(=C(\O)c3ccc(OCc4cccc(C)c4)cc3)C(=O)C(=O)N2c2nnc(SCc3ccccc3Cl)s2)cc1. The molecular formula is C37H32ClN3O5S2. The number of halogens is 1. The average Bonchev–Trinajstić information content (AvgIpc) is 3.67. The van der Waals surface area contributed by atoms with Crippen LogP contribution in [0.1, 0.15) is 47.2 Å². The van der Waals surface area contributed by atoms with Crippen molar-refractivity contribution in [1.29, 1.82) is 0 Å². The van der Waals surface area contributed by atoms with Gasteiger partial charge >= 0.3 is 5.91 Å². The summed E-state index contributed by atoms with van der Waals surface area (Å²) in [7, 11) is 0. The van der Waals surface area contributed by atoms with Crippen molar-refractivity contribution in [3.63, 3.8) is 0 Å². The smallest absolute Gasteiger partial charge is 0.301 e. The van der Waals surface area contributed by atoms with Crippen LogP contribution in [0.25, 0.3) is 5.76 Å². The first kappa shape index (κ1) is 33.3. The average molecular weight is 698 g/mol. The zero-order valence-electron chi connectivity index (χ0n) is 26.3. The Morgan fingerprint density at radius 3 is 2.40 bits per heavy atom. The third-order valence-corrected chi connectivity index (χ3v) is 10.1. The van der Waals surface area contributed by atoms with Crippen molar-refractivity contribution >= 4 is 57.3 Å². The van der Waals surface area contributed by atoms with E-state index in [1.807, 2.05) is 56.3 Å². The lowest BCUT2D eigenvalue weighted by Crippen LogP contribution is -2.29. The lowest BCUT2D eigenvalue weighted by molar-refractivity contribution is -0.132. The van der Waals surface area contributed by atoms with Gasteiger partial charge in [-0.3, -0.25) is 14.5 Å². The number of carbonyl (C=O) groups is 2. The van der Waals surface area contributed by atoms with Gasteiger partial charge in [-0.05, 0) is 72.5 Å². The molecule has 11 heteroatoms. The number of nitrogens with zero attached hydrogens (tertiary/aromatic N) is 3. The van der Waals surface area contributed by atoms with E-state index in [-0.39, 0.29) is 16.5 Å². The van der Waals surface area contributed by atoms with Gasteiger partial charge < -0.3 is 14.6 Å². The molecule has 0 aliphatic carbocycles. The topological polar surface area (TPSA) is 102 Å². The molecule has 4 aromatic carbocycles. The number of aliphatic hydroxyl groups is 1. The maximum absolute atomic E-state index is 13.7. The standard InChI is InChI=1S/C37H32ClN3O5S2/c1-3-19-45-28-15-11-25(12-16-28)32-31(33(42)26-13-17-29(18-14-26)46-21-24-8-6-7-23(2)20-24)34(43)35(44)41(32)36-39-40-37(48-36)47-22-27-9-4-5-10-30(27)38/h4-18,20,32,42H,3,19,21-22H2,1-2H3/b33-31+. The second-order valence-corrected chi connectivity index (χ2v) is 13.7. The van der Waals surface area contributed by atoms with Crippen LogP contribution in [0.15, 0.2) is 107 Å². The second kappa shape index (κ2) is 15.1. The molecule has 1 saturated heterocycles. The Kier molecular flexibility index (Phi) is 10.4. The Balaban J connectivity index is 1.31. The predicted octanol–water partition coefficient (Wildman–Crippen LogP) is 8.79. The summed E-state index contributed by atoms with van der Waals surface area (Å²) in [4.78, 5) is 28.7. The number of carbonyl (C=O) groups excluding carboxylic acids is 2. The molecule has 0 saturated carbocycles. The number of ether oxygens (including phenoxy) is 2. The number of aryl methyl sites for hydroxylation is 1. The van der Waals surface area contributed by atoms with Crippen molar-refractivity contribution < 1.29 is 24.2 Å². The van der Waals surface area contributed by atoms with Gasteiger partial charge in [-0.15, -0.1) is 10.2 Å². The molecule has 5 aromatic rings. The predicted molar refractivity (Wildman–Crippen MR) is 190 cm³/mol. The molecular weight excluding hydrogens is 666 g/mol. The lowest BCUT2D eigenvalue weighted by atomic mass is 9.95. The van der Waals surface area contributed by atoms with E-state index in [0.29, 0.717) is 51.0 Å². The molecule has 1 unspecified atom stereocenters. The third-order valence-electron chi connectivity index (χ3n) is 7.64. The van der Waals surface area contributed by atoms with Crippen LogP contribution in [-0.4, -0.2) is 33.6 Å². The van der Waals surface area contributed by atoms with Crippen LogP contribution in [0, 0.1) is 6.92 Å². The summed E-state index contributed by atoms with van der Waals surface area (Å²) in [6.45, 7) is 4.99. The first-order chi connectivity index (χ1) is 23.3. The first-order valence-corrected chi connectivity index (χ1v) is 17.5. The summed E-state index contributed by atoms with van der Waals surface area (Å²) in [5, 5.41) is 21.1. The molecule has 1 aliphatic heterocycles. The first-order valence-electron chi connectivity index (χ1n) is 15.3. The summed E-state index contributed by atoms with van der Waals surface area (Å²) < 4.78 is 12.3. The number of ketones is 1. The largest absolute Gasteiger partial charge is 0.507 e. The van der Waals surface area contributed by atoms with Crippen LogP contribution < -0.4 is 14.4 Å². The van der Waals surface area contributed by atoms with Gasteiger partial charge in [0.1, 0.15) is 23.9 Å². The molecule has 1 atom stereocenters. The maximum atomic E-state index is 13.7. The monoisotopic (exact) mass is 697 g/mol. The van der Waals surface area contributed by atoms with Crippen molar-refractivity contribution in [3.05, 3.63) is 135 Å². The molecule has 1 fully saturated rings. The van der Waals surface area contributed by atoms with Crippen molar-refractivity contribution in [1.82, 2.24) is 10.2 Å². The van der Waals surface area contributed by atoms with E-state index in [1.54, 1.807) is 48.5 Å². The van der Waals surface area contributed by atoms with Gasteiger partial charge in [0.25, 0.3) is 5.78 Å². The highest BCUT2D eigenvalue weighted by Gasteiger charge is 2.48. The second-order valence-electron chi connectivity index (χ2n) is 11.1. The van der Waals surface area contributed by atoms with Gasteiger partial charge in [-0.1, -0.05) is 102 Å². The minimum Gasteiger partial charge on any atom is -0.507 e. The highest BCUT2D eigenvalue weighted by Crippen LogP contribution is 2.44. The van der Waals surface area contributed by atoms with Crippen LogP contribution in [0.5, 0.6) is 11.5 Å². The fraction of sp³-hybridized carbons (Fsp3) is 0.189. The van der Waals surface area contributed by atoms with E-state index in [0.717, 1.165) is 23.1 Å². The van der Waals surface area contributed by atoms with E-state index in [9.17, 15) is 14.7 Å². The van der Waals surface area contributed by atoms with Crippen molar-refractivity contribution in [2.24, 2.45) is 0 Å². The summed E-state index contributed by atoms with van der Waals surface area (Å²) in [5.74, 6) is -0.0963. The fourth-order valence-corrected chi connectivity index (χ4v) is 7.41. The number of thioether (sulfide) groups is 1. The van der Waals surface area contributed by atoms with E-state index < -0.39 is 17.7 Å². The zero-order valence-corrected chi connectivity index (χ0v) is 28.6. The van der Waals surface area contributed by atoms with Crippen LogP contribution in [0.3, 0.4) is 0 Å². The number of Topliss-reactive ketones (excluding diaryl/α,β-unsaturated/α-hetero) is 1. The van der Waals surface area contributed by atoms with Gasteiger partial charge in [0.05, 0.1) is 18.2 Å². The number of aliphatic hydroxyl groups excluding tert-OH is 1. The van der Waals surface area contributed by atoms with Crippen molar-refractivity contribution in [3.8, 4) is 11.5 Å². The molecule has 1 aliphatic rings. The zero-order chi connectivity index (χ0) is 33.6. The van der Waals surface area contributed by atoms with Gasteiger partial charge in [0, 0.05) is 16.3 Å². The third kappa shape index (κ3) is 7.41. The number of hydrogen-bond acceptors (Lipinski definition) is 9. The number of hydrogen-bond donors (Lipinski definition) is 1. The van der Waals surface area contributed by atoms with Crippen LogP contribution >= 0.6 is 34.7 Å². The van der Waals surface area contributed by atoms with Crippen LogP contribution in [-0.2, 0) is 21.9 Å². The Labute approximate surface area is 292 Å². The number of rotatable bonds is 12. The quantitative estimate of drug-likeness (QED) is 0.0454. The molecule has 0 radical (unpaired) electrons. The number of aromatic nitrogens is 2. The summed E-state index contributed by atoms with van der Waals surface area (Å²) in [5.41, 5.74) is 4.06. The molecule has 244 valence electrons. The summed E-state index contributed by atoms with van der Waals surface area (Å²) in [6.07, 6.45) is 0.853. The van der Waals surface area contributed by atoms with Gasteiger partial charge in [0.2, 0.25) is 5.13 Å². The molecule has 8 nitrogen and oxygen atoms in total. The summed E-state index contributed by atoms with van der Waals surface area (Å²) >= 11 is 8.96. The molecule has 0 spiro atoms. The van der Waals surface area contributed by atoms with E-state index in [2.05, 4.69) is 16.3 Å². The molecule has 0 bridgehead atoms. The van der Waals surface area contributed by atoms with Crippen molar-refractivity contribution in [2.45, 2.75) is 43.0 Å². The molecule has 6 rings (SSSR count). The number of benzene rings is 4. The fourth-order valence-electron chi connectivity index (χ4n) is 5.26. The summed E-state index contributed by atoms with van der Waals surface area (Å²) in [6, 6.07) is 28.6. The Hall–Kier alpha value is -4.64. The van der Waals surface area contributed by atoms with E-state index >= 15 is 0 Å². The van der Waals surface area contributed by atoms with Gasteiger partial charge in [0.15, 0.2) is 4.34 Å². The minimum absolute atomic E-state index is 0.0453. The lowest BCUT2D eigenvalue weighted by Gasteiger charge is -2.22. The Bertz CT molecular complexity index is 1960. The van der Waals surface area contributed by atoms with Gasteiger partial charge in [-0.25, -0.2) is 0 Å². The van der Waals surface area contributed by atoms with Gasteiger partial charge in [-0.2, -0.15) is 0 Å². The van der Waals surface area contributed by atoms with E-state index in [1.165, 1.54) is 28.0 Å². The molecule has 2 heterocycles. The molecule has 1 amide bonds. The Morgan fingerprint density at radius 1 is 0.938 bits per heavy atom. The van der Waals surface area contributed by atoms with E-state index in [4.69, 9.17) is 21.1 Å². The molecule has 1 aromatic heterocycles. The number of anilines is 1. The maximum Gasteiger partial charge on any atom is 0.301 e. The Morgan fingerprint density at radius 2 is 1.67 bits per heavy atom. The molecule has 1 N–H and O–H groups in total. The molecule has 48 heavy (non-hydrogen) atoms. The van der Waals surface area contributed by atoms with Crippen molar-refractivity contribution in [2.75, 3.05) is 11.5 Å².